The molecule has 3 heterocycles. The number of aromatic nitrogens is 2. The minimum absolute atomic E-state index is 0.00635. The number of piperidine rings is 1. The van der Waals surface area contributed by atoms with Gasteiger partial charge in [-0.05, 0) is 19.8 Å². The lowest BCUT2D eigenvalue weighted by Gasteiger charge is -2.33. The summed E-state index contributed by atoms with van der Waals surface area (Å²) in [6, 6.07) is 0.00635. The zero-order valence-electron chi connectivity index (χ0n) is 13.8. The normalized spacial score (nSPS) is 19.5. The Hall–Kier alpha value is -2.19. The molecule has 1 saturated heterocycles. The molecule has 1 aliphatic heterocycles. The minimum Gasteiger partial charge on any atom is -0.372 e. The summed E-state index contributed by atoms with van der Waals surface area (Å²) in [5.41, 5.74) is 7.47. The molecule has 130 valence electrons. The van der Waals surface area contributed by atoms with Crippen LogP contribution in [0.3, 0.4) is 0 Å². The van der Waals surface area contributed by atoms with Crippen LogP contribution < -0.4 is 16.0 Å². The molecule has 1 amide bonds. The number of hydrogen-bond donors (Lipinski definition) is 3. The molecule has 24 heavy (non-hydrogen) atoms. The Balaban J connectivity index is 2.02. The average molecular weight is 335 g/mol. The standard InChI is InChI=1S/C16H22FN5O2/c1-9(24-2)16(23)21-12-7-20-15-13(12)14(11(17)6-19-15)22-5-3-4-10(18)8-22/h6-7,9-10H,3-5,8,18H2,1-2H3,(H,19,20)(H,21,23)/t9?,10-/m1/s1. The molecule has 1 unspecified atom stereocenters. The molecule has 4 N–H and O–H groups in total. The van der Waals surface area contributed by atoms with Crippen molar-refractivity contribution in [2.75, 3.05) is 30.4 Å². The summed E-state index contributed by atoms with van der Waals surface area (Å²) >= 11 is 0. The Morgan fingerprint density at radius 1 is 1.62 bits per heavy atom. The highest BCUT2D eigenvalue weighted by molar-refractivity contribution is 6.07. The quantitative estimate of drug-likeness (QED) is 0.789. The number of nitrogens with two attached hydrogens (primary N) is 1. The third-order valence-corrected chi connectivity index (χ3v) is 4.38. The predicted molar refractivity (Wildman–Crippen MR) is 90.6 cm³/mol. The van der Waals surface area contributed by atoms with Gasteiger partial charge in [-0.15, -0.1) is 0 Å². The lowest BCUT2D eigenvalue weighted by molar-refractivity contribution is -0.124. The first-order valence-electron chi connectivity index (χ1n) is 8.01. The van der Waals surface area contributed by atoms with Gasteiger partial charge in [0.15, 0.2) is 5.82 Å². The summed E-state index contributed by atoms with van der Waals surface area (Å²) in [6.45, 7) is 2.94. The molecule has 0 spiro atoms. The van der Waals surface area contributed by atoms with Crippen molar-refractivity contribution in [3.63, 3.8) is 0 Å². The van der Waals surface area contributed by atoms with Crippen LogP contribution >= 0.6 is 0 Å². The molecule has 3 rings (SSSR count). The number of rotatable bonds is 4. The lowest BCUT2D eigenvalue weighted by atomic mass is 10.1. The second kappa shape index (κ2) is 6.74. The lowest BCUT2D eigenvalue weighted by Crippen LogP contribution is -2.43. The number of methoxy groups -OCH3 is 1. The Morgan fingerprint density at radius 2 is 2.42 bits per heavy atom. The SMILES string of the molecule is COC(C)C(=O)Nc1c[nH]c2ncc(F)c(N3CCC[C@@H](N)C3)c12. The monoisotopic (exact) mass is 335 g/mol. The van der Waals surface area contributed by atoms with Gasteiger partial charge in [-0.25, -0.2) is 9.37 Å². The predicted octanol–water partition coefficient (Wildman–Crippen LogP) is 1.60. The van der Waals surface area contributed by atoms with E-state index in [1.807, 2.05) is 4.90 Å². The number of fused-ring (bicyclic) bond motifs is 1. The van der Waals surface area contributed by atoms with E-state index in [4.69, 9.17) is 10.5 Å². The fourth-order valence-electron chi connectivity index (χ4n) is 3.02. The van der Waals surface area contributed by atoms with E-state index >= 15 is 0 Å². The number of H-pyrrole nitrogens is 1. The zero-order chi connectivity index (χ0) is 17.3. The van der Waals surface area contributed by atoms with Gasteiger partial charge in [-0.2, -0.15) is 0 Å². The van der Waals surface area contributed by atoms with E-state index in [-0.39, 0.29) is 11.9 Å². The van der Waals surface area contributed by atoms with Crippen molar-refractivity contribution in [1.29, 1.82) is 0 Å². The van der Waals surface area contributed by atoms with Crippen molar-refractivity contribution >= 4 is 28.3 Å². The number of hydrogen-bond acceptors (Lipinski definition) is 5. The van der Waals surface area contributed by atoms with Crippen molar-refractivity contribution in [3.8, 4) is 0 Å². The van der Waals surface area contributed by atoms with Crippen molar-refractivity contribution in [3.05, 3.63) is 18.2 Å². The Labute approximate surface area is 139 Å². The van der Waals surface area contributed by atoms with E-state index in [9.17, 15) is 9.18 Å². The van der Waals surface area contributed by atoms with E-state index in [1.165, 1.54) is 13.3 Å². The van der Waals surface area contributed by atoms with Crippen LogP contribution in [-0.4, -0.2) is 48.2 Å². The number of amides is 1. The molecule has 2 atom stereocenters. The summed E-state index contributed by atoms with van der Waals surface area (Å²) in [6.07, 6.45) is 4.03. The fourth-order valence-corrected chi connectivity index (χ4v) is 3.02. The third-order valence-electron chi connectivity index (χ3n) is 4.38. The van der Waals surface area contributed by atoms with Gasteiger partial charge in [0.05, 0.1) is 23.0 Å². The number of nitrogens with zero attached hydrogens (tertiary/aromatic N) is 2. The molecule has 0 saturated carbocycles. The first-order chi connectivity index (χ1) is 11.5. The third kappa shape index (κ3) is 3.07. The van der Waals surface area contributed by atoms with E-state index in [0.717, 1.165) is 19.4 Å². The Kier molecular flexibility index (Phi) is 4.68. The molecular weight excluding hydrogens is 313 g/mol. The van der Waals surface area contributed by atoms with E-state index in [1.54, 1.807) is 13.1 Å². The maximum Gasteiger partial charge on any atom is 0.253 e. The van der Waals surface area contributed by atoms with Gasteiger partial charge in [0.2, 0.25) is 0 Å². The van der Waals surface area contributed by atoms with E-state index in [0.29, 0.717) is 29.0 Å². The van der Waals surface area contributed by atoms with Crippen molar-refractivity contribution in [2.45, 2.75) is 31.9 Å². The number of aromatic amines is 1. The molecule has 0 bridgehead atoms. The van der Waals surface area contributed by atoms with Gasteiger partial charge in [0.1, 0.15) is 11.8 Å². The Bertz CT molecular complexity index is 747. The van der Waals surface area contributed by atoms with Crippen LogP contribution in [0.1, 0.15) is 19.8 Å². The molecule has 0 aromatic carbocycles. The minimum atomic E-state index is -0.608. The highest BCUT2D eigenvalue weighted by Gasteiger charge is 2.25. The van der Waals surface area contributed by atoms with Crippen LogP contribution in [-0.2, 0) is 9.53 Å². The summed E-state index contributed by atoms with van der Waals surface area (Å²) in [5, 5.41) is 3.33. The van der Waals surface area contributed by atoms with E-state index < -0.39 is 11.9 Å². The topological polar surface area (TPSA) is 96.3 Å². The maximum atomic E-state index is 14.6. The molecule has 2 aromatic rings. The smallest absolute Gasteiger partial charge is 0.253 e. The number of anilines is 2. The fraction of sp³-hybridized carbons (Fsp3) is 0.500. The van der Waals surface area contributed by atoms with Crippen LogP contribution in [0.4, 0.5) is 15.8 Å². The van der Waals surface area contributed by atoms with Gasteiger partial charge >= 0.3 is 0 Å². The molecule has 8 heteroatoms. The first-order valence-corrected chi connectivity index (χ1v) is 8.01. The van der Waals surface area contributed by atoms with Gasteiger partial charge < -0.3 is 25.7 Å². The largest absolute Gasteiger partial charge is 0.372 e. The average Bonchev–Trinajstić information content (AvgIpc) is 2.96. The molecular formula is C16H22FN5O2. The number of carbonyl (C=O) groups excluding carboxylic acids is 1. The van der Waals surface area contributed by atoms with Gasteiger partial charge in [-0.3, -0.25) is 4.79 Å². The van der Waals surface area contributed by atoms with Crippen LogP contribution in [0.25, 0.3) is 11.0 Å². The second-order valence-electron chi connectivity index (χ2n) is 6.10. The van der Waals surface area contributed by atoms with Crippen LogP contribution in [0.15, 0.2) is 12.4 Å². The second-order valence-corrected chi connectivity index (χ2v) is 6.10. The summed E-state index contributed by atoms with van der Waals surface area (Å²) < 4.78 is 19.6. The first kappa shape index (κ1) is 16.7. The highest BCUT2D eigenvalue weighted by atomic mass is 19.1. The van der Waals surface area contributed by atoms with Crippen molar-refractivity contribution in [1.82, 2.24) is 9.97 Å². The molecule has 0 radical (unpaired) electrons. The number of nitrogens with one attached hydrogen (secondary N) is 2. The van der Waals surface area contributed by atoms with Crippen LogP contribution in [0, 0.1) is 5.82 Å². The maximum absolute atomic E-state index is 14.6. The number of pyridine rings is 1. The van der Waals surface area contributed by atoms with Crippen LogP contribution in [0.5, 0.6) is 0 Å². The van der Waals surface area contributed by atoms with Crippen LogP contribution in [0.2, 0.25) is 0 Å². The summed E-state index contributed by atoms with van der Waals surface area (Å²) in [5.74, 6) is -0.726. The number of halogens is 1. The molecule has 2 aromatic heterocycles. The molecule has 0 aliphatic carbocycles. The van der Waals surface area contributed by atoms with Gasteiger partial charge in [0.25, 0.3) is 5.91 Å². The Morgan fingerprint density at radius 3 is 3.12 bits per heavy atom. The van der Waals surface area contributed by atoms with E-state index in [2.05, 4.69) is 15.3 Å². The summed E-state index contributed by atoms with van der Waals surface area (Å²) in [7, 11) is 1.46. The zero-order valence-corrected chi connectivity index (χ0v) is 13.8. The van der Waals surface area contributed by atoms with Crippen molar-refractivity contribution in [2.24, 2.45) is 5.73 Å². The number of ether oxygens (including phenoxy) is 1. The van der Waals surface area contributed by atoms with Gasteiger partial charge in [0, 0.05) is 32.4 Å². The summed E-state index contributed by atoms with van der Waals surface area (Å²) in [4.78, 5) is 21.1. The van der Waals surface area contributed by atoms with Gasteiger partial charge in [-0.1, -0.05) is 0 Å². The molecule has 7 nitrogen and oxygen atoms in total. The molecule has 1 aliphatic rings. The number of carbonyl (C=O) groups is 1. The highest BCUT2D eigenvalue weighted by Crippen LogP contribution is 2.35. The van der Waals surface area contributed by atoms with Crippen molar-refractivity contribution < 1.29 is 13.9 Å². The molecule has 1 fully saturated rings.